The molecule has 31 heavy (non-hydrogen) atoms. The summed E-state index contributed by atoms with van der Waals surface area (Å²) < 4.78 is 11.4. The van der Waals surface area contributed by atoms with Crippen molar-refractivity contribution in [1.29, 1.82) is 0 Å². The second-order valence-corrected chi connectivity index (χ2v) is 7.73. The van der Waals surface area contributed by atoms with Crippen LogP contribution in [0.5, 0.6) is 11.5 Å². The number of benzene rings is 3. The third-order valence-electron chi connectivity index (χ3n) is 5.02. The highest BCUT2D eigenvalue weighted by atomic mass is 16.5. The van der Waals surface area contributed by atoms with Crippen molar-refractivity contribution in [3.8, 4) is 22.6 Å². The van der Waals surface area contributed by atoms with Crippen molar-refractivity contribution in [2.24, 2.45) is 5.92 Å². The van der Waals surface area contributed by atoms with E-state index in [0.29, 0.717) is 18.1 Å². The lowest BCUT2D eigenvalue weighted by Crippen LogP contribution is -2.32. The van der Waals surface area contributed by atoms with Gasteiger partial charge < -0.3 is 14.6 Å². The van der Waals surface area contributed by atoms with Crippen LogP contribution in [-0.4, -0.2) is 23.8 Å². The normalized spacial score (nSPS) is 12.5. The molecule has 0 saturated carbocycles. The molecule has 4 nitrogen and oxygen atoms in total. The number of carboxylic acid groups (broad SMARTS) is 1. The van der Waals surface area contributed by atoms with Gasteiger partial charge in [-0.25, -0.2) is 4.79 Å². The average Bonchev–Trinajstić information content (AvgIpc) is 2.78. The van der Waals surface area contributed by atoms with Crippen molar-refractivity contribution in [1.82, 2.24) is 0 Å². The van der Waals surface area contributed by atoms with E-state index in [4.69, 9.17) is 9.47 Å². The summed E-state index contributed by atoms with van der Waals surface area (Å²) in [6.45, 7) is 6.15. The molecule has 0 radical (unpaired) electrons. The minimum Gasteiger partial charge on any atom is -0.490 e. The Kier molecular flexibility index (Phi) is 7.50. The second kappa shape index (κ2) is 10.5. The van der Waals surface area contributed by atoms with E-state index in [9.17, 15) is 9.90 Å². The van der Waals surface area contributed by atoms with Crippen molar-refractivity contribution < 1.29 is 19.4 Å². The highest BCUT2D eigenvalue weighted by molar-refractivity contribution is 5.73. The predicted molar refractivity (Wildman–Crippen MR) is 124 cm³/mol. The lowest BCUT2D eigenvalue weighted by atomic mass is 10.0. The molecule has 1 unspecified atom stereocenters. The van der Waals surface area contributed by atoms with Gasteiger partial charge in [0.1, 0.15) is 18.1 Å². The Hall–Kier alpha value is -3.53. The molecule has 0 aliphatic carbocycles. The van der Waals surface area contributed by atoms with Gasteiger partial charge in [0.15, 0.2) is 6.10 Å². The minimum atomic E-state index is -0.965. The first-order valence-electron chi connectivity index (χ1n) is 10.4. The van der Waals surface area contributed by atoms with Crippen molar-refractivity contribution in [2.45, 2.75) is 26.9 Å². The number of aliphatic carboxylic acids is 1. The summed E-state index contributed by atoms with van der Waals surface area (Å²) in [6, 6.07) is 25.8. The molecular weight excluding hydrogens is 388 g/mol. The standard InChI is InChI=1S/C27H28O4/c1-19(2)26(27(28)29)31-25-15-13-24(14-16-25)30-18-17-20(3)21-9-11-23(12-10-21)22-7-5-4-6-8-22/h4-17,19,26H,18H2,1-3H3,(H,28,29). The molecule has 0 aromatic heterocycles. The van der Waals surface area contributed by atoms with E-state index >= 15 is 0 Å². The highest BCUT2D eigenvalue weighted by Crippen LogP contribution is 2.23. The quantitative estimate of drug-likeness (QED) is 0.443. The first-order valence-corrected chi connectivity index (χ1v) is 10.4. The maximum absolute atomic E-state index is 11.3. The fourth-order valence-electron chi connectivity index (χ4n) is 3.17. The van der Waals surface area contributed by atoms with Gasteiger partial charge in [-0.3, -0.25) is 0 Å². The van der Waals surface area contributed by atoms with E-state index in [-0.39, 0.29) is 5.92 Å². The monoisotopic (exact) mass is 416 g/mol. The second-order valence-electron chi connectivity index (χ2n) is 7.73. The van der Waals surface area contributed by atoms with Gasteiger partial charge in [-0.2, -0.15) is 0 Å². The molecule has 0 amide bonds. The Morgan fingerprint density at radius 3 is 2.03 bits per heavy atom. The van der Waals surface area contributed by atoms with Crippen LogP contribution in [-0.2, 0) is 4.79 Å². The van der Waals surface area contributed by atoms with Gasteiger partial charge >= 0.3 is 5.97 Å². The Labute approximate surface area is 183 Å². The van der Waals surface area contributed by atoms with E-state index < -0.39 is 12.1 Å². The number of ether oxygens (including phenoxy) is 2. The lowest BCUT2D eigenvalue weighted by molar-refractivity contribution is -0.147. The molecule has 0 aliphatic heterocycles. The molecule has 3 aromatic rings. The summed E-state index contributed by atoms with van der Waals surface area (Å²) in [7, 11) is 0. The van der Waals surface area contributed by atoms with Gasteiger partial charge in [0.25, 0.3) is 0 Å². The molecule has 0 aliphatic rings. The molecule has 1 atom stereocenters. The molecule has 3 aromatic carbocycles. The summed E-state index contributed by atoms with van der Waals surface area (Å²) in [5.41, 5.74) is 4.69. The molecule has 0 bridgehead atoms. The van der Waals surface area contributed by atoms with Gasteiger partial charge in [0.2, 0.25) is 0 Å². The van der Waals surface area contributed by atoms with Gasteiger partial charge in [0.05, 0.1) is 0 Å². The van der Waals surface area contributed by atoms with Crippen LogP contribution in [0, 0.1) is 5.92 Å². The summed E-state index contributed by atoms with van der Waals surface area (Å²) in [6.07, 6.45) is 1.17. The summed E-state index contributed by atoms with van der Waals surface area (Å²) in [5, 5.41) is 9.24. The Bertz CT molecular complexity index is 1000. The summed E-state index contributed by atoms with van der Waals surface area (Å²) in [5.74, 6) is 0.127. The van der Waals surface area contributed by atoms with Crippen LogP contribution in [0.4, 0.5) is 0 Å². The largest absolute Gasteiger partial charge is 0.490 e. The molecule has 160 valence electrons. The molecule has 1 N–H and O–H groups in total. The topological polar surface area (TPSA) is 55.8 Å². The van der Waals surface area contributed by atoms with Gasteiger partial charge in [0, 0.05) is 5.92 Å². The zero-order chi connectivity index (χ0) is 22.2. The molecular formula is C27H28O4. The average molecular weight is 417 g/mol. The summed E-state index contributed by atoms with van der Waals surface area (Å²) >= 11 is 0. The lowest BCUT2D eigenvalue weighted by Gasteiger charge is -2.18. The van der Waals surface area contributed by atoms with Crippen LogP contribution >= 0.6 is 0 Å². The van der Waals surface area contributed by atoms with E-state index in [1.807, 2.05) is 38.1 Å². The Morgan fingerprint density at radius 1 is 0.871 bits per heavy atom. The zero-order valence-corrected chi connectivity index (χ0v) is 18.1. The Balaban J connectivity index is 1.55. The number of rotatable bonds is 9. The fourth-order valence-corrected chi connectivity index (χ4v) is 3.17. The van der Waals surface area contributed by atoms with Crippen LogP contribution in [0.3, 0.4) is 0 Å². The third-order valence-corrected chi connectivity index (χ3v) is 5.02. The first kappa shape index (κ1) is 22.2. The van der Waals surface area contributed by atoms with Gasteiger partial charge in [-0.05, 0) is 59.5 Å². The molecule has 4 heteroatoms. The zero-order valence-electron chi connectivity index (χ0n) is 18.1. The van der Waals surface area contributed by atoms with Gasteiger partial charge in [-0.15, -0.1) is 0 Å². The molecule has 0 saturated heterocycles. The van der Waals surface area contributed by atoms with E-state index in [0.717, 1.165) is 11.1 Å². The number of hydrogen-bond acceptors (Lipinski definition) is 3. The maximum Gasteiger partial charge on any atom is 0.345 e. The van der Waals surface area contributed by atoms with Crippen LogP contribution in [0.2, 0.25) is 0 Å². The van der Waals surface area contributed by atoms with Crippen molar-refractivity contribution in [3.63, 3.8) is 0 Å². The Morgan fingerprint density at radius 2 is 1.45 bits per heavy atom. The van der Waals surface area contributed by atoms with Crippen LogP contribution < -0.4 is 9.47 Å². The molecule has 0 fully saturated rings. The van der Waals surface area contributed by atoms with Gasteiger partial charge in [-0.1, -0.05) is 68.4 Å². The predicted octanol–water partition coefficient (Wildman–Crippen LogP) is 6.32. The summed E-state index contributed by atoms with van der Waals surface area (Å²) in [4.78, 5) is 11.3. The van der Waals surface area contributed by atoms with Crippen LogP contribution in [0.15, 0.2) is 84.9 Å². The number of allylic oxidation sites excluding steroid dienone is 1. The van der Waals surface area contributed by atoms with Crippen LogP contribution in [0.25, 0.3) is 16.7 Å². The first-order chi connectivity index (χ1) is 14.9. The number of hydrogen-bond donors (Lipinski definition) is 1. The number of carbonyl (C=O) groups is 1. The molecule has 0 heterocycles. The molecule has 0 spiro atoms. The SMILES string of the molecule is CC(=CCOc1ccc(OC(C(=O)O)C(C)C)cc1)c1ccc(-c2ccccc2)cc1. The number of carboxylic acids is 1. The third kappa shape index (κ3) is 6.22. The van der Waals surface area contributed by atoms with Crippen molar-refractivity contribution in [3.05, 3.63) is 90.5 Å². The maximum atomic E-state index is 11.3. The van der Waals surface area contributed by atoms with Crippen molar-refractivity contribution in [2.75, 3.05) is 6.61 Å². The van der Waals surface area contributed by atoms with Crippen LogP contribution in [0.1, 0.15) is 26.3 Å². The fraction of sp³-hybridized carbons (Fsp3) is 0.222. The van der Waals surface area contributed by atoms with E-state index in [2.05, 4.69) is 43.3 Å². The smallest absolute Gasteiger partial charge is 0.345 e. The van der Waals surface area contributed by atoms with E-state index in [1.54, 1.807) is 24.3 Å². The van der Waals surface area contributed by atoms with E-state index in [1.165, 1.54) is 11.1 Å². The molecule has 3 rings (SSSR count). The highest BCUT2D eigenvalue weighted by Gasteiger charge is 2.23. The van der Waals surface area contributed by atoms with Crippen molar-refractivity contribution >= 4 is 11.5 Å². The minimum absolute atomic E-state index is 0.122.